The Morgan fingerprint density at radius 2 is 1.94 bits per heavy atom. The summed E-state index contributed by atoms with van der Waals surface area (Å²) >= 11 is 0. The van der Waals surface area contributed by atoms with Gasteiger partial charge in [-0.25, -0.2) is 0 Å². The van der Waals surface area contributed by atoms with E-state index in [0.717, 1.165) is 31.4 Å². The van der Waals surface area contributed by atoms with E-state index in [2.05, 4.69) is 14.9 Å². The van der Waals surface area contributed by atoms with Crippen molar-refractivity contribution in [1.82, 2.24) is 4.90 Å². The number of hydrogen-bond donors (Lipinski definition) is 1. The third-order valence-corrected chi connectivity index (χ3v) is 6.85. The van der Waals surface area contributed by atoms with Gasteiger partial charge >= 0.3 is 0 Å². The first-order valence-corrected chi connectivity index (χ1v) is 12.1. The van der Waals surface area contributed by atoms with Gasteiger partial charge in [0.1, 0.15) is 11.5 Å². The fourth-order valence-corrected chi connectivity index (χ4v) is 4.87. The number of nitrogens with zero attached hydrogens (tertiary/aromatic N) is 3. The van der Waals surface area contributed by atoms with Gasteiger partial charge in [-0.3, -0.25) is 4.79 Å². The molecule has 0 radical (unpaired) electrons. The molecule has 168 valence electrons. The number of benzene rings is 2. The first-order valence-electron chi connectivity index (χ1n) is 10.7. The highest BCUT2D eigenvalue weighted by Gasteiger charge is 2.27. The number of rotatable bonds is 5. The highest BCUT2D eigenvalue weighted by molar-refractivity contribution is 7.90. The molecule has 2 heterocycles. The van der Waals surface area contributed by atoms with Gasteiger partial charge in [0.05, 0.1) is 4.90 Å². The minimum Gasteiger partial charge on any atom is -0.387 e. The largest absolute Gasteiger partial charge is 0.387 e. The molecule has 1 saturated heterocycles. The van der Waals surface area contributed by atoms with Gasteiger partial charge < -0.3 is 15.1 Å². The molecule has 2 aliphatic heterocycles. The smallest absolute Gasteiger partial charge is 0.284 e. The summed E-state index contributed by atoms with van der Waals surface area (Å²) in [6, 6.07) is 15.7. The van der Waals surface area contributed by atoms with Crippen molar-refractivity contribution in [1.29, 1.82) is 0 Å². The van der Waals surface area contributed by atoms with Gasteiger partial charge in [-0.2, -0.15) is 8.42 Å². The monoisotopic (exact) mass is 454 g/mol. The quantitative estimate of drug-likeness (QED) is 0.742. The highest BCUT2D eigenvalue weighted by atomic mass is 32.2. The molecule has 32 heavy (non-hydrogen) atoms. The molecule has 1 unspecified atom stereocenters. The van der Waals surface area contributed by atoms with Crippen molar-refractivity contribution in [3.05, 3.63) is 60.2 Å². The maximum Gasteiger partial charge on any atom is 0.284 e. The van der Waals surface area contributed by atoms with Crippen LogP contribution < -0.4 is 5.32 Å². The lowest BCUT2D eigenvalue weighted by atomic mass is 10.0. The van der Waals surface area contributed by atoms with Crippen molar-refractivity contribution in [2.75, 3.05) is 18.9 Å². The summed E-state index contributed by atoms with van der Waals surface area (Å²) in [6.07, 6.45) is 3.67. The van der Waals surface area contributed by atoms with Gasteiger partial charge in [-0.05, 0) is 36.6 Å². The first kappa shape index (κ1) is 22.0. The minimum absolute atomic E-state index is 0.0345. The maximum atomic E-state index is 12.9. The van der Waals surface area contributed by atoms with Crippen molar-refractivity contribution >= 4 is 33.2 Å². The second-order valence-corrected chi connectivity index (χ2v) is 9.55. The van der Waals surface area contributed by atoms with Gasteiger partial charge in [0.15, 0.2) is 6.10 Å². The molecule has 4 rings (SSSR count). The number of carbonyl (C=O) groups is 1. The summed E-state index contributed by atoms with van der Waals surface area (Å²) in [5, 5.41) is 6.63. The number of nitrogens with one attached hydrogen (secondary N) is 1. The zero-order valence-electron chi connectivity index (χ0n) is 17.9. The Labute approximate surface area is 188 Å². The van der Waals surface area contributed by atoms with Crippen molar-refractivity contribution < 1.29 is 18.0 Å². The van der Waals surface area contributed by atoms with Gasteiger partial charge in [-0.15, -0.1) is 4.40 Å². The lowest BCUT2D eigenvalue weighted by Gasteiger charge is -2.17. The number of sulfonamides is 1. The van der Waals surface area contributed by atoms with E-state index >= 15 is 0 Å². The number of amides is 1. The Hall–Kier alpha value is -3.20. The van der Waals surface area contributed by atoms with E-state index in [1.54, 1.807) is 12.1 Å². The number of hydrogen-bond acceptors (Lipinski definition) is 5. The van der Waals surface area contributed by atoms with Crippen molar-refractivity contribution in [3.63, 3.8) is 0 Å². The second kappa shape index (κ2) is 9.52. The van der Waals surface area contributed by atoms with Gasteiger partial charge in [0.2, 0.25) is 0 Å². The SMILES string of the molecule is CN1CCCCC/C1=N\S(=O)(=O)c1cccc(NC(=O)C2=NOC(c3ccccc3)C2)c1. The lowest BCUT2D eigenvalue weighted by Crippen LogP contribution is -2.27. The van der Waals surface area contributed by atoms with E-state index < -0.39 is 15.9 Å². The van der Waals surface area contributed by atoms with E-state index in [9.17, 15) is 13.2 Å². The molecule has 0 aliphatic carbocycles. The lowest BCUT2D eigenvalue weighted by molar-refractivity contribution is -0.110. The van der Waals surface area contributed by atoms with E-state index in [1.165, 1.54) is 12.1 Å². The fraction of sp³-hybridized carbons (Fsp3) is 0.348. The van der Waals surface area contributed by atoms with Crippen molar-refractivity contribution in [2.45, 2.75) is 43.1 Å². The molecule has 9 heteroatoms. The van der Waals surface area contributed by atoms with E-state index in [0.29, 0.717) is 24.4 Å². The van der Waals surface area contributed by atoms with Gasteiger partial charge in [0, 0.05) is 32.1 Å². The molecule has 8 nitrogen and oxygen atoms in total. The van der Waals surface area contributed by atoms with Crippen LogP contribution in [-0.4, -0.2) is 44.4 Å². The molecule has 0 bridgehead atoms. The molecule has 2 aliphatic rings. The van der Waals surface area contributed by atoms with Crippen LogP contribution >= 0.6 is 0 Å². The minimum atomic E-state index is -3.89. The zero-order chi connectivity index (χ0) is 22.6. The van der Waals surface area contributed by atoms with Crippen LogP contribution in [0.3, 0.4) is 0 Å². The number of anilines is 1. The van der Waals surface area contributed by atoms with Gasteiger partial charge in [-0.1, -0.05) is 48.0 Å². The summed E-state index contributed by atoms with van der Waals surface area (Å²) < 4.78 is 29.8. The molecule has 0 saturated carbocycles. The van der Waals surface area contributed by atoms with E-state index in [1.807, 2.05) is 42.3 Å². The molecule has 1 atom stereocenters. The molecule has 2 aromatic carbocycles. The summed E-state index contributed by atoms with van der Waals surface area (Å²) in [7, 11) is -2.03. The van der Waals surface area contributed by atoms with Crippen molar-refractivity contribution in [2.24, 2.45) is 9.55 Å². The van der Waals surface area contributed by atoms with Crippen LogP contribution in [0.15, 0.2) is 69.0 Å². The van der Waals surface area contributed by atoms with Crippen LogP contribution in [0.1, 0.15) is 43.8 Å². The summed E-state index contributed by atoms with van der Waals surface area (Å²) in [5.74, 6) is 0.147. The molecule has 0 aromatic heterocycles. The average molecular weight is 455 g/mol. The van der Waals surface area contributed by atoms with Crippen LogP contribution in [0.25, 0.3) is 0 Å². The predicted molar refractivity (Wildman–Crippen MR) is 123 cm³/mol. The van der Waals surface area contributed by atoms with Crippen LogP contribution in [0.2, 0.25) is 0 Å². The summed E-state index contributed by atoms with van der Waals surface area (Å²) in [5.41, 5.74) is 1.55. The topological polar surface area (TPSA) is 100 Å². The van der Waals surface area contributed by atoms with E-state index in [-0.39, 0.29) is 16.7 Å². The molecular formula is C23H26N4O4S. The van der Waals surface area contributed by atoms with Crippen LogP contribution in [0, 0.1) is 0 Å². The number of likely N-dealkylation sites (tertiary alicyclic amines) is 1. The van der Waals surface area contributed by atoms with Gasteiger partial charge in [0.25, 0.3) is 15.9 Å². The molecule has 1 N–H and O–H groups in total. The Morgan fingerprint density at radius 1 is 1.12 bits per heavy atom. The predicted octanol–water partition coefficient (Wildman–Crippen LogP) is 3.74. The zero-order valence-corrected chi connectivity index (χ0v) is 18.7. The summed E-state index contributed by atoms with van der Waals surface area (Å²) in [6.45, 7) is 0.790. The maximum absolute atomic E-state index is 12.9. The Kier molecular flexibility index (Phi) is 6.55. The molecule has 1 amide bonds. The molecule has 1 fully saturated rings. The number of carbonyl (C=O) groups excluding carboxylic acids is 1. The molecule has 2 aromatic rings. The molecule has 0 spiro atoms. The average Bonchev–Trinajstić information content (AvgIpc) is 3.21. The number of amidine groups is 1. The Balaban J connectivity index is 1.45. The first-order chi connectivity index (χ1) is 15.4. The third-order valence-electron chi connectivity index (χ3n) is 5.55. The van der Waals surface area contributed by atoms with Crippen molar-refractivity contribution in [3.8, 4) is 0 Å². The summed E-state index contributed by atoms with van der Waals surface area (Å²) in [4.78, 5) is 20.0. The van der Waals surface area contributed by atoms with Crippen LogP contribution in [0.5, 0.6) is 0 Å². The Bertz CT molecular complexity index is 1150. The second-order valence-electron chi connectivity index (χ2n) is 7.94. The van der Waals surface area contributed by atoms with Crippen LogP contribution in [-0.2, 0) is 19.7 Å². The Morgan fingerprint density at radius 3 is 2.75 bits per heavy atom. The van der Waals surface area contributed by atoms with E-state index in [4.69, 9.17) is 4.84 Å². The standard InChI is InChI=1S/C23H26N4O4S/c1-27-14-7-3-6-13-22(27)26-32(29,30)19-12-8-11-18(15-19)24-23(28)20-16-21(31-25-20)17-9-4-2-5-10-17/h2,4-5,8-12,15,21H,3,6-7,13-14,16H2,1H3,(H,24,28)/b26-22+. The number of oxime groups is 1. The normalized spacial score (nSPS) is 20.4. The third kappa shape index (κ3) is 5.16. The highest BCUT2D eigenvalue weighted by Crippen LogP contribution is 2.27. The molecular weight excluding hydrogens is 428 g/mol. The fourth-order valence-electron chi connectivity index (χ4n) is 3.73. The van der Waals surface area contributed by atoms with Crippen LogP contribution in [0.4, 0.5) is 5.69 Å².